The second kappa shape index (κ2) is 2.71. The highest BCUT2D eigenvalue weighted by atomic mass is 32.2. The quantitative estimate of drug-likeness (QED) is 0.503. The average molecular weight is 180 g/mol. The second-order valence-corrected chi connectivity index (χ2v) is 4.48. The largest absolute Gasteiger partial charge is 0.390 e. The molecule has 1 heterocycles. The van der Waals surface area contributed by atoms with Crippen LogP contribution in [0, 0.1) is 0 Å². The van der Waals surface area contributed by atoms with Gasteiger partial charge in [0.2, 0.25) is 10.0 Å². The van der Waals surface area contributed by atoms with Gasteiger partial charge in [0.25, 0.3) is 0 Å². The predicted molar refractivity (Wildman–Crippen MR) is 40.1 cm³/mol. The van der Waals surface area contributed by atoms with Crippen molar-refractivity contribution in [2.45, 2.75) is 17.9 Å². The number of hydrogen-bond donors (Lipinski definition) is 2. The van der Waals surface area contributed by atoms with Gasteiger partial charge in [-0.1, -0.05) is 0 Å². The number of rotatable bonds is 1. The number of hydrogen-bond acceptors (Lipinski definition) is 4. The minimum absolute atomic E-state index is 0.470. The van der Waals surface area contributed by atoms with Crippen molar-refractivity contribution in [2.24, 2.45) is 5.14 Å². The summed E-state index contributed by atoms with van der Waals surface area (Å²) >= 11 is 0. The Morgan fingerprint density at radius 2 is 2.18 bits per heavy atom. The van der Waals surface area contributed by atoms with Crippen LogP contribution in [0.2, 0.25) is 0 Å². The van der Waals surface area contributed by atoms with Gasteiger partial charge in [-0.3, -0.25) is 4.90 Å². The van der Waals surface area contributed by atoms with E-state index in [1.54, 1.807) is 11.9 Å². The molecule has 0 aromatic carbocycles. The lowest BCUT2D eigenvalue weighted by molar-refractivity contribution is 0.163. The van der Waals surface area contributed by atoms with Gasteiger partial charge in [-0.05, 0) is 13.5 Å². The van der Waals surface area contributed by atoms with Crippen LogP contribution in [0.4, 0.5) is 0 Å². The van der Waals surface area contributed by atoms with Crippen LogP contribution in [0.15, 0.2) is 0 Å². The van der Waals surface area contributed by atoms with Crippen LogP contribution < -0.4 is 5.14 Å². The normalized spacial score (nSPS) is 34.5. The third kappa shape index (κ3) is 1.70. The summed E-state index contributed by atoms with van der Waals surface area (Å²) in [4.78, 5) is 1.54. The Morgan fingerprint density at radius 1 is 1.64 bits per heavy atom. The molecule has 0 aromatic heterocycles. The highest BCUT2D eigenvalue weighted by Crippen LogP contribution is 2.18. The fourth-order valence-electron chi connectivity index (χ4n) is 1.37. The predicted octanol–water partition coefficient (Wildman–Crippen LogP) is -1.70. The summed E-state index contributed by atoms with van der Waals surface area (Å²) in [5.41, 5.74) is 0. The molecule has 1 rings (SSSR count). The lowest BCUT2D eigenvalue weighted by Gasteiger charge is -2.18. The molecule has 0 spiro atoms. The Balaban J connectivity index is 2.86. The number of nitrogens with zero attached hydrogens (tertiary/aromatic N) is 1. The minimum atomic E-state index is -3.62. The summed E-state index contributed by atoms with van der Waals surface area (Å²) in [7, 11) is -1.99. The molecule has 0 radical (unpaired) electrons. The van der Waals surface area contributed by atoms with E-state index >= 15 is 0 Å². The maximum Gasteiger partial charge on any atom is 0.227 e. The SMILES string of the molecule is CN1CCC(O)C1S(N)(=O)=O. The van der Waals surface area contributed by atoms with Crippen LogP contribution in [0.1, 0.15) is 6.42 Å². The summed E-state index contributed by atoms with van der Waals surface area (Å²) in [5.74, 6) is 0. The number of likely N-dealkylation sites (tertiary alicyclic amines) is 1. The van der Waals surface area contributed by atoms with Crippen LogP contribution in [0.25, 0.3) is 0 Å². The molecular weight excluding hydrogens is 168 g/mol. The molecule has 11 heavy (non-hydrogen) atoms. The molecule has 0 amide bonds. The molecule has 1 fully saturated rings. The summed E-state index contributed by atoms with van der Waals surface area (Å²) in [6, 6.07) is 0. The highest BCUT2D eigenvalue weighted by molar-refractivity contribution is 7.89. The van der Waals surface area contributed by atoms with Gasteiger partial charge in [-0.2, -0.15) is 0 Å². The third-order valence-corrected chi connectivity index (χ3v) is 3.23. The Labute approximate surface area is 65.8 Å². The molecule has 1 aliphatic heterocycles. The monoisotopic (exact) mass is 180 g/mol. The van der Waals surface area contributed by atoms with Gasteiger partial charge in [0.05, 0.1) is 6.10 Å². The molecule has 66 valence electrons. The number of likely N-dealkylation sites (N-methyl/N-ethyl adjacent to an activating group) is 1. The van der Waals surface area contributed by atoms with E-state index in [-0.39, 0.29) is 0 Å². The number of primary sulfonamides is 1. The average Bonchev–Trinajstić information content (AvgIpc) is 2.08. The Bertz CT molecular complexity index is 228. The van der Waals surface area contributed by atoms with Crippen LogP contribution in [-0.4, -0.2) is 43.5 Å². The fourth-order valence-corrected chi connectivity index (χ4v) is 2.55. The van der Waals surface area contributed by atoms with E-state index in [0.717, 1.165) is 0 Å². The molecule has 1 saturated heterocycles. The third-order valence-electron chi connectivity index (χ3n) is 1.88. The molecule has 1 aliphatic rings. The maximum atomic E-state index is 10.8. The summed E-state index contributed by atoms with van der Waals surface area (Å²) in [6.07, 6.45) is -0.368. The first-order chi connectivity index (χ1) is 4.93. The van der Waals surface area contributed by atoms with E-state index in [1.807, 2.05) is 0 Å². The second-order valence-electron chi connectivity index (χ2n) is 2.82. The first kappa shape index (κ1) is 8.92. The van der Waals surface area contributed by atoms with Crippen molar-refractivity contribution < 1.29 is 13.5 Å². The molecule has 6 heteroatoms. The van der Waals surface area contributed by atoms with Crippen molar-refractivity contribution in [1.29, 1.82) is 0 Å². The minimum Gasteiger partial charge on any atom is -0.390 e. The Kier molecular flexibility index (Phi) is 2.19. The van der Waals surface area contributed by atoms with E-state index < -0.39 is 21.5 Å². The van der Waals surface area contributed by atoms with Gasteiger partial charge < -0.3 is 5.11 Å². The zero-order valence-corrected chi connectivity index (χ0v) is 7.08. The van der Waals surface area contributed by atoms with Gasteiger partial charge in [0.1, 0.15) is 0 Å². The van der Waals surface area contributed by atoms with E-state index in [0.29, 0.717) is 13.0 Å². The lowest BCUT2D eigenvalue weighted by atomic mass is 10.3. The molecule has 2 unspecified atom stereocenters. The van der Waals surface area contributed by atoms with Crippen molar-refractivity contribution in [3.8, 4) is 0 Å². The molecule has 0 bridgehead atoms. The van der Waals surface area contributed by atoms with Crippen LogP contribution >= 0.6 is 0 Å². The number of aliphatic hydroxyl groups excluding tert-OH is 1. The van der Waals surface area contributed by atoms with Crippen LogP contribution in [0.3, 0.4) is 0 Å². The first-order valence-corrected chi connectivity index (χ1v) is 4.94. The van der Waals surface area contributed by atoms with Gasteiger partial charge in [0.15, 0.2) is 5.37 Å². The standard InChI is InChI=1S/C5H12N2O3S/c1-7-3-2-4(8)5(7)11(6,9)10/h4-5,8H,2-3H2,1H3,(H2,6,9,10). The van der Waals surface area contributed by atoms with E-state index in [4.69, 9.17) is 5.14 Å². The summed E-state index contributed by atoms with van der Waals surface area (Å²) in [6.45, 7) is 0.572. The smallest absolute Gasteiger partial charge is 0.227 e. The topological polar surface area (TPSA) is 83.6 Å². The van der Waals surface area contributed by atoms with Crippen LogP contribution in [-0.2, 0) is 10.0 Å². The number of nitrogens with two attached hydrogens (primary N) is 1. The molecule has 0 saturated carbocycles. The Hall–Kier alpha value is -0.170. The number of sulfonamides is 1. The molecule has 5 nitrogen and oxygen atoms in total. The molecule has 0 aliphatic carbocycles. The van der Waals surface area contributed by atoms with Gasteiger partial charge in [0, 0.05) is 6.54 Å². The van der Waals surface area contributed by atoms with Crippen LogP contribution in [0.5, 0.6) is 0 Å². The zero-order chi connectivity index (χ0) is 8.65. The maximum absolute atomic E-state index is 10.8. The van der Waals surface area contributed by atoms with Gasteiger partial charge in [-0.15, -0.1) is 0 Å². The summed E-state index contributed by atoms with van der Waals surface area (Å²) in [5, 5.41) is 13.2. The van der Waals surface area contributed by atoms with Crippen molar-refractivity contribution >= 4 is 10.0 Å². The van der Waals surface area contributed by atoms with E-state index in [2.05, 4.69) is 0 Å². The van der Waals surface area contributed by atoms with Crippen molar-refractivity contribution in [3.63, 3.8) is 0 Å². The van der Waals surface area contributed by atoms with Crippen molar-refractivity contribution in [3.05, 3.63) is 0 Å². The lowest BCUT2D eigenvalue weighted by Crippen LogP contribution is -2.43. The van der Waals surface area contributed by atoms with Crippen molar-refractivity contribution in [2.75, 3.05) is 13.6 Å². The van der Waals surface area contributed by atoms with E-state index in [9.17, 15) is 13.5 Å². The Morgan fingerprint density at radius 3 is 2.36 bits per heavy atom. The van der Waals surface area contributed by atoms with Gasteiger partial charge >= 0.3 is 0 Å². The van der Waals surface area contributed by atoms with Gasteiger partial charge in [-0.25, -0.2) is 13.6 Å². The zero-order valence-electron chi connectivity index (χ0n) is 6.27. The summed E-state index contributed by atoms with van der Waals surface area (Å²) < 4.78 is 21.7. The molecular formula is C5H12N2O3S. The molecule has 0 aromatic rings. The van der Waals surface area contributed by atoms with E-state index in [1.165, 1.54) is 0 Å². The molecule has 2 atom stereocenters. The fraction of sp³-hybridized carbons (Fsp3) is 1.00. The van der Waals surface area contributed by atoms with Crippen molar-refractivity contribution in [1.82, 2.24) is 4.90 Å². The first-order valence-electron chi connectivity index (χ1n) is 3.33. The molecule has 3 N–H and O–H groups in total. The number of aliphatic hydroxyl groups is 1. The highest BCUT2D eigenvalue weighted by Gasteiger charge is 2.38.